The molecular formula is C46H36ClN3O6. The van der Waals surface area contributed by atoms with Crippen LogP contribution in [-0.2, 0) is 24.6 Å². The third-order valence-corrected chi connectivity index (χ3v) is 12.4. The second kappa shape index (κ2) is 13.5. The molecule has 0 radical (unpaired) electrons. The maximum Gasteiger partial charge on any atom is 0.260 e. The molecule has 0 aromatic heterocycles. The van der Waals surface area contributed by atoms with E-state index in [0.717, 1.165) is 16.1 Å². The van der Waals surface area contributed by atoms with Crippen LogP contribution in [0.4, 0.5) is 11.4 Å². The summed E-state index contributed by atoms with van der Waals surface area (Å²) < 4.78 is 0. The van der Waals surface area contributed by atoms with Crippen LogP contribution in [0.1, 0.15) is 51.4 Å². The van der Waals surface area contributed by atoms with Crippen LogP contribution < -0.4 is 10.3 Å². The van der Waals surface area contributed by atoms with Gasteiger partial charge in [0.25, 0.3) is 11.8 Å². The predicted octanol–water partition coefficient (Wildman–Crippen LogP) is 7.77. The number of nitrogens with zero attached hydrogens (tertiary/aromatic N) is 2. The topological polar surface area (TPSA) is 124 Å². The fraction of sp³-hybridized carbons (Fsp3) is 0.196. The number of rotatable bonds is 7. The number of aromatic hydroxyl groups is 1. The van der Waals surface area contributed by atoms with Crippen LogP contribution in [0.15, 0.2) is 139 Å². The highest BCUT2D eigenvalue weighted by Crippen LogP contribution is 2.64. The number of fused-ring (bicyclic) bond motifs is 4. The summed E-state index contributed by atoms with van der Waals surface area (Å²) in [6.45, 7) is 1.95. The number of hydrogen-bond donors (Lipinski definition) is 2. The van der Waals surface area contributed by atoms with Gasteiger partial charge >= 0.3 is 0 Å². The Morgan fingerprint density at radius 2 is 1.43 bits per heavy atom. The normalized spacial score (nSPS) is 25.4. The van der Waals surface area contributed by atoms with Crippen molar-refractivity contribution in [2.75, 3.05) is 10.3 Å². The van der Waals surface area contributed by atoms with E-state index in [0.29, 0.717) is 33.6 Å². The number of hydrogen-bond acceptors (Lipinski definition) is 7. The summed E-state index contributed by atoms with van der Waals surface area (Å²) in [6, 6.07) is 36.5. The Kier molecular flexibility index (Phi) is 8.50. The van der Waals surface area contributed by atoms with Gasteiger partial charge < -0.3 is 5.11 Å². The molecule has 2 saturated heterocycles. The van der Waals surface area contributed by atoms with Gasteiger partial charge in [-0.3, -0.25) is 34.3 Å². The lowest BCUT2D eigenvalue weighted by atomic mass is 9.49. The Morgan fingerprint density at radius 3 is 2.11 bits per heavy atom. The average molecular weight is 762 g/mol. The molecular weight excluding hydrogens is 726 g/mol. The van der Waals surface area contributed by atoms with Gasteiger partial charge in [-0.05, 0) is 85.3 Å². The van der Waals surface area contributed by atoms with Gasteiger partial charge in [-0.25, -0.2) is 0 Å². The van der Waals surface area contributed by atoms with Crippen LogP contribution >= 0.6 is 11.6 Å². The van der Waals surface area contributed by atoms with E-state index in [4.69, 9.17) is 11.6 Å². The molecule has 9 nitrogen and oxygen atoms in total. The van der Waals surface area contributed by atoms with Crippen LogP contribution in [0.2, 0.25) is 5.02 Å². The number of halogens is 1. The van der Waals surface area contributed by atoms with E-state index in [1.807, 2.05) is 61.5 Å². The van der Waals surface area contributed by atoms with Gasteiger partial charge in [0, 0.05) is 22.1 Å². The van der Waals surface area contributed by atoms with E-state index in [2.05, 4.69) is 5.43 Å². The van der Waals surface area contributed by atoms with Crippen molar-refractivity contribution in [3.63, 3.8) is 0 Å². The molecule has 1 saturated carbocycles. The highest BCUT2D eigenvalue weighted by molar-refractivity contribution is 6.31. The summed E-state index contributed by atoms with van der Waals surface area (Å²) in [5, 5.41) is 11.8. The molecule has 5 aromatic carbocycles. The van der Waals surface area contributed by atoms with Crippen molar-refractivity contribution in [2.24, 2.45) is 23.7 Å². The first-order valence-electron chi connectivity index (χ1n) is 18.6. The number of phenols is 1. The van der Waals surface area contributed by atoms with Crippen molar-refractivity contribution >= 4 is 52.4 Å². The molecule has 4 aliphatic rings. The fourth-order valence-corrected chi connectivity index (χ4v) is 9.90. The van der Waals surface area contributed by atoms with Crippen molar-refractivity contribution in [2.45, 2.75) is 31.1 Å². The van der Waals surface area contributed by atoms with Crippen LogP contribution in [-0.4, -0.2) is 39.5 Å². The van der Waals surface area contributed by atoms with Gasteiger partial charge in [-0.15, -0.1) is 0 Å². The van der Waals surface area contributed by atoms with E-state index in [1.54, 1.807) is 66.7 Å². The molecule has 9 rings (SSSR count). The Hall–Kier alpha value is -6.32. The number of carbonyl (C=O) groups is 5. The lowest BCUT2D eigenvalue weighted by Gasteiger charge is -2.50. The Balaban J connectivity index is 1.15. The molecule has 2 heterocycles. The SMILES string of the molecule is Cc1ccc(NN2C(=O)[C@@H]3C[C@@H]4C(=CC[C@@H]5C(=O)N(c6ccc(C(=O)c7ccccc7)cc6)C(=O)[C@@H]54)[C@H](c4ccc(O)cc4Cl)[C@]3(c3ccccc3)C2=O)cc1. The average Bonchev–Trinajstić information content (AvgIpc) is 3.60. The number of anilines is 2. The first kappa shape index (κ1) is 35.4. The minimum Gasteiger partial charge on any atom is -0.508 e. The minimum atomic E-state index is -1.49. The smallest absolute Gasteiger partial charge is 0.260 e. The van der Waals surface area contributed by atoms with Gasteiger partial charge in [0.15, 0.2) is 5.78 Å². The summed E-state index contributed by atoms with van der Waals surface area (Å²) in [5.41, 5.74) is 6.38. The maximum atomic E-state index is 15.3. The molecule has 6 atom stereocenters. The molecule has 0 spiro atoms. The molecule has 5 aromatic rings. The second-order valence-corrected chi connectivity index (χ2v) is 15.5. The molecule has 0 bridgehead atoms. The van der Waals surface area contributed by atoms with Gasteiger partial charge in [0.2, 0.25) is 11.8 Å². The molecule has 2 aliphatic heterocycles. The Bertz CT molecular complexity index is 2470. The molecule has 278 valence electrons. The number of benzene rings is 5. The van der Waals surface area contributed by atoms with Gasteiger partial charge in [0.1, 0.15) is 5.75 Å². The van der Waals surface area contributed by atoms with Gasteiger partial charge in [0.05, 0.1) is 34.5 Å². The molecule has 2 aliphatic carbocycles. The van der Waals surface area contributed by atoms with Crippen LogP contribution in [0, 0.1) is 30.6 Å². The summed E-state index contributed by atoms with van der Waals surface area (Å²) in [5.74, 6) is -5.79. The lowest BCUT2D eigenvalue weighted by Crippen LogP contribution is -2.53. The molecule has 3 fully saturated rings. The molecule has 10 heteroatoms. The van der Waals surface area contributed by atoms with E-state index in [9.17, 15) is 24.3 Å². The largest absolute Gasteiger partial charge is 0.508 e. The fourth-order valence-electron chi connectivity index (χ4n) is 9.61. The maximum absolute atomic E-state index is 15.3. The standard InChI is InChI=1S/C46H36ClN3O6/c1-26-12-16-30(17-13-26)48-50-43(54)37-25-36-33(40(34-21-20-32(51)24-38(34)47)46(37,45(50)56)29-10-6-3-7-11-29)22-23-35-39(36)44(55)49(42(35)53)31-18-14-28(15-19-31)41(52)27-8-4-2-5-9-27/h2-22,24,35-37,39-40,48,51H,23,25H2,1H3/t35-,36+,37-,39-,40+,46+/m0/s1. The van der Waals surface area contributed by atoms with Crippen LogP contribution in [0.25, 0.3) is 0 Å². The molecule has 2 N–H and O–H groups in total. The molecule has 4 amide bonds. The number of phenolic OH excluding ortho intramolecular Hbond substituents is 1. The predicted molar refractivity (Wildman–Crippen MR) is 211 cm³/mol. The number of aryl methyl sites for hydroxylation is 1. The van der Waals surface area contributed by atoms with Crippen molar-refractivity contribution in [3.05, 3.63) is 172 Å². The number of imide groups is 2. The third-order valence-electron chi connectivity index (χ3n) is 12.1. The first-order chi connectivity index (χ1) is 27.1. The first-order valence-corrected chi connectivity index (χ1v) is 19.0. The Labute approximate surface area is 328 Å². The van der Waals surface area contributed by atoms with Crippen LogP contribution in [0.3, 0.4) is 0 Å². The summed E-state index contributed by atoms with van der Waals surface area (Å²) >= 11 is 6.97. The molecule has 56 heavy (non-hydrogen) atoms. The highest BCUT2D eigenvalue weighted by Gasteiger charge is 2.70. The third kappa shape index (κ3) is 5.33. The minimum absolute atomic E-state index is 0.0608. The number of allylic oxidation sites excluding steroid dienone is 2. The molecule has 0 unspecified atom stereocenters. The van der Waals surface area contributed by atoms with Crippen molar-refractivity contribution in [1.82, 2.24) is 5.01 Å². The Morgan fingerprint density at radius 1 is 0.768 bits per heavy atom. The number of ketones is 1. The van der Waals surface area contributed by atoms with Crippen LogP contribution in [0.5, 0.6) is 5.75 Å². The van der Waals surface area contributed by atoms with E-state index in [1.165, 1.54) is 17.0 Å². The van der Waals surface area contributed by atoms with Gasteiger partial charge in [-0.1, -0.05) is 108 Å². The number of hydrazine groups is 1. The summed E-state index contributed by atoms with van der Waals surface area (Å²) in [7, 11) is 0. The number of amides is 4. The monoisotopic (exact) mass is 761 g/mol. The quantitative estimate of drug-likeness (QED) is 0.0987. The zero-order valence-corrected chi connectivity index (χ0v) is 31.0. The highest BCUT2D eigenvalue weighted by atomic mass is 35.5. The van der Waals surface area contributed by atoms with E-state index < -0.39 is 52.7 Å². The van der Waals surface area contributed by atoms with E-state index >= 15 is 4.79 Å². The summed E-state index contributed by atoms with van der Waals surface area (Å²) in [6.07, 6.45) is 2.32. The van der Waals surface area contributed by atoms with Crippen molar-refractivity contribution in [3.8, 4) is 5.75 Å². The lowest BCUT2D eigenvalue weighted by molar-refractivity contribution is -0.138. The number of carbonyl (C=O) groups excluding carboxylic acids is 5. The van der Waals surface area contributed by atoms with Crippen molar-refractivity contribution in [1.29, 1.82) is 0 Å². The van der Waals surface area contributed by atoms with Crippen molar-refractivity contribution < 1.29 is 29.1 Å². The summed E-state index contributed by atoms with van der Waals surface area (Å²) in [4.78, 5) is 73.4. The second-order valence-electron chi connectivity index (χ2n) is 15.1. The zero-order chi connectivity index (χ0) is 38.9. The zero-order valence-electron chi connectivity index (χ0n) is 30.3. The van der Waals surface area contributed by atoms with Gasteiger partial charge in [-0.2, -0.15) is 5.01 Å². The number of nitrogens with one attached hydrogen (secondary N) is 1. The van der Waals surface area contributed by atoms with E-state index in [-0.39, 0.29) is 35.3 Å².